The lowest BCUT2D eigenvalue weighted by molar-refractivity contribution is -0.122. The van der Waals surface area contributed by atoms with E-state index in [9.17, 15) is 9.59 Å². The van der Waals surface area contributed by atoms with Crippen LogP contribution in [0.15, 0.2) is 24.3 Å². The van der Waals surface area contributed by atoms with Gasteiger partial charge in [-0.2, -0.15) is 0 Å². The number of amides is 2. The Hall–Kier alpha value is -1.88. The molecule has 0 bridgehead atoms. The summed E-state index contributed by atoms with van der Waals surface area (Å²) in [5.74, 6) is 0.153. The quantitative estimate of drug-likeness (QED) is 0.804. The van der Waals surface area contributed by atoms with Gasteiger partial charge in [-0.15, -0.1) is 0 Å². The molecule has 2 rings (SSSR count). The molecule has 1 aliphatic heterocycles. The predicted molar refractivity (Wildman–Crippen MR) is 67.3 cm³/mol. The van der Waals surface area contributed by atoms with Crippen LogP contribution in [0, 0.1) is 5.92 Å². The fourth-order valence-electron chi connectivity index (χ4n) is 1.92. The summed E-state index contributed by atoms with van der Waals surface area (Å²) in [4.78, 5) is 24.8. The van der Waals surface area contributed by atoms with Crippen LogP contribution in [0.2, 0.25) is 0 Å². The average Bonchev–Trinajstić information content (AvgIpc) is 2.62. The van der Waals surface area contributed by atoms with Gasteiger partial charge in [0.25, 0.3) is 0 Å². The SMILES string of the molecule is CC1CC(=O)N(c2ccc(OCCN)cc2)C1=O. The Balaban J connectivity index is 2.14. The highest BCUT2D eigenvalue weighted by Crippen LogP contribution is 2.27. The van der Waals surface area contributed by atoms with Gasteiger partial charge >= 0.3 is 0 Å². The van der Waals surface area contributed by atoms with Crippen LogP contribution < -0.4 is 15.4 Å². The molecule has 1 heterocycles. The number of carbonyl (C=O) groups excluding carboxylic acids is 2. The van der Waals surface area contributed by atoms with Crippen molar-refractivity contribution < 1.29 is 14.3 Å². The number of hydrogen-bond donors (Lipinski definition) is 1. The van der Waals surface area contributed by atoms with E-state index in [-0.39, 0.29) is 24.2 Å². The number of carbonyl (C=O) groups is 2. The van der Waals surface area contributed by atoms with Gasteiger partial charge in [-0.25, -0.2) is 0 Å². The number of imide groups is 1. The lowest BCUT2D eigenvalue weighted by Crippen LogP contribution is -2.29. The molecule has 2 N–H and O–H groups in total. The van der Waals surface area contributed by atoms with Gasteiger partial charge in [0.1, 0.15) is 12.4 Å². The molecule has 1 fully saturated rings. The molecule has 0 spiro atoms. The van der Waals surface area contributed by atoms with Crippen LogP contribution in [0.5, 0.6) is 5.75 Å². The maximum atomic E-state index is 11.8. The van der Waals surface area contributed by atoms with Crippen LogP contribution in [0.3, 0.4) is 0 Å². The molecule has 5 nitrogen and oxygen atoms in total. The summed E-state index contributed by atoms with van der Waals surface area (Å²) in [6.45, 7) is 2.65. The van der Waals surface area contributed by atoms with Crippen molar-refractivity contribution in [1.82, 2.24) is 0 Å². The van der Waals surface area contributed by atoms with Gasteiger partial charge in [-0.05, 0) is 24.3 Å². The molecule has 0 aliphatic carbocycles. The summed E-state index contributed by atoms with van der Waals surface area (Å²) in [6.07, 6.45) is 0.282. The van der Waals surface area contributed by atoms with Crippen LogP contribution >= 0.6 is 0 Å². The van der Waals surface area contributed by atoms with E-state index in [0.29, 0.717) is 24.6 Å². The van der Waals surface area contributed by atoms with Gasteiger partial charge in [0, 0.05) is 18.9 Å². The van der Waals surface area contributed by atoms with Crippen LogP contribution in [-0.4, -0.2) is 25.0 Å². The second-order valence-corrected chi connectivity index (χ2v) is 4.30. The van der Waals surface area contributed by atoms with Gasteiger partial charge < -0.3 is 10.5 Å². The van der Waals surface area contributed by atoms with Crippen molar-refractivity contribution in [3.8, 4) is 5.75 Å². The number of benzene rings is 1. The van der Waals surface area contributed by atoms with E-state index in [4.69, 9.17) is 10.5 Å². The fraction of sp³-hybridized carbons (Fsp3) is 0.385. The third-order valence-electron chi connectivity index (χ3n) is 2.85. The molecule has 1 aliphatic rings. The molecule has 0 aromatic heterocycles. The van der Waals surface area contributed by atoms with Crippen molar-refractivity contribution in [2.24, 2.45) is 11.7 Å². The zero-order chi connectivity index (χ0) is 13.1. The average molecular weight is 248 g/mol. The molecule has 5 heteroatoms. The van der Waals surface area contributed by atoms with Crippen molar-refractivity contribution >= 4 is 17.5 Å². The monoisotopic (exact) mass is 248 g/mol. The first kappa shape index (κ1) is 12.6. The maximum absolute atomic E-state index is 11.8. The number of rotatable bonds is 4. The smallest absolute Gasteiger partial charge is 0.237 e. The molecule has 2 amide bonds. The van der Waals surface area contributed by atoms with Gasteiger partial charge in [0.15, 0.2) is 0 Å². The minimum atomic E-state index is -0.231. The van der Waals surface area contributed by atoms with Crippen molar-refractivity contribution in [1.29, 1.82) is 0 Å². The van der Waals surface area contributed by atoms with E-state index in [1.54, 1.807) is 31.2 Å². The number of nitrogens with zero attached hydrogens (tertiary/aromatic N) is 1. The second kappa shape index (κ2) is 5.18. The number of hydrogen-bond acceptors (Lipinski definition) is 4. The largest absolute Gasteiger partial charge is 0.492 e. The van der Waals surface area contributed by atoms with Crippen molar-refractivity contribution in [3.63, 3.8) is 0 Å². The van der Waals surface area contributed by atoms with Crippen molar-refractivity contribution in [2.75, 3.05) is 18.1 Å². The predicted octanol–water partition coefficient (Wildman–Crippen LogP) is 0.923. The minimum absolute atomic E-state index is 0.143. The second-order valence-electron chi connectivity index (χ2n) is 4.30. The Labute approximate surface area is 106 Å². The standard InChI is InChI=1S/C13H16N2O3/c1-9-8-12(16)15(13(9)17)10-2-4-11(5-3-10)18-7-6-14/h2-5,9H,6-8,14H2,1H3. The summed E-state index contributed by atoms with van der Waals surface area (Å²) in [5, 5.41) is 0. The first-order valence-electron chi connectivity index (χ1n) is 5.93. The van der Waals surface area contributed by atoms with E-state index in [2.05, 4.69) is 0 Å². The number of anilines is 1. The minimum Gasteiger partial charge on any atom is -0.492 e. The summed E-state index contributed by atoms with van der Waals surface area (Å²) in [7, 11) is 0. The topological polar surface area (TPSA) is 72.6 Å². The van der Waals surface area contributed by atoms with Crippen LogP contribution in [0.1, 0.15) is 13.3 Å². The van der Waals surface area contributed by atoms with Crippen LogP contribution in [-0.2, 0) is 9.59 Å². The molecule has 0 radical (unpaired) electrons. The number of nitrogens with two attached hydrogens (primary N) is 1. The zero-order valence-corrected chi connectivity index (χ0v) is 10.3. The van der Waals surface area contributed by atoms with E-state index in [1.807, 2.05) is 0 Å². The molecule has 1 unspecified atom stereocenters. The summed E-state index contributed by atoms with van der Waals surface area (Å²) in [5.41, 5.74) is 5.93. The van der Waals surface area contributed by atoms with E-state index in [1.165, 1.54) is 4.90 Å². The molecule has 1 aromatic carbocycles. The summed E-state index contributed by atoms with van der Waals surface area (Å²) in [6, 6.07) is 6.88. The third-order valence-corrected chi connectivity index (χ3v) is 2.85. The molecule has 18 heavy (non-hydrogen) atoms. The van der Waals surface area contributed by atoms with Crippen LogP contribution in [0.25, 0.3) is 0 Å². The first-order chi connectivity index (χ1) is 8.63. The van der Waals surface area contributed by atoms with Gasteiger partial charge in [0.2, 0.25) is 11.8 Å². The molecule has 1 aromatic rings. The first-order valence-corrected chi connectivity index (χ1v) is 5.93. The fourth-order valence-corrected chi connectivity index (χ4v) is 1.92. The van der Waals surface area contributed by atoms with Crippen molar-refractivity contribution in [3.05, 3.63) is 24.3 Å². The van der Waals surface area contributed by atoms with E-state index in [0.717, 1.165) is 0 Å². The van der Waals surface area contributed by atoms with Crippen molar-refractivity contribution in [2.45, 2.75) is 13.3 Å². The highest BCUT2D eigenvalue weighted by atomic mass is 16.5. The third kappa shape index (κ3) is 2.36. The maximum Gasteiger partial charge on any atom is 0.237 e. The van der Waals surface area contributed by atoms with Gasteiger partial charge in [-0.1, -0.05) is 6.92 Å². The van der Waals surface area contributed by atoms with E-state index >= 15 is 0 Å². The zero-order valence-electron chi connectivity index (χ0n) is 10.3. The highest BCUT2D eigenvalue weighted by molar-refractivity contribution is 6.20. The van der Waals surface area contributed by atoms with Gasteiger partial charge in [-0.3, -0.25) is 14.5 Å². The Morgan fingerprint density at radius 1 is 1.33 bits per heavy atom. The molecular formula is C13H16N2O3. The summed E-state index contributed by atoms with van der Waals surface area (Å²) < 4.78 is 5.33. The Morgan fingerprint density at radius 2 is 2.00 bits per heavy atom. The normalized spacial score (nSPS) is 19.4. The van der Waals surface area contributed by atoms with Gasteiger partial charge in [0.05, 0.1) is 5.69 Å². The van der Waals surface area contributed by atoms with E-state index < -0.39 is 0 Å². The number of ether oxygens (including phenoxy) is 1. The molecule has 1 atom stereocenters. The molecular weight excluding hydrogens is 232 g/mol. The lowest BCUT2D eigenvalue weighted by atomic mass is 10.1. The highest BCUT2D eigenvalue weighted by Gasteiger charge is 2.36. The Morgan fingerprint density at radius 3 is 2.50 bits per heavy atom. The molecule has 1 saturated heterocycles. The Kier molecular flexibility index (Phi) is 3.62. The molecule has 96 valence electrons. The lowest BCUT2D eigenvalue weighted by Gasteiger charge is -2.14. The summed E-state index contributed by atoms with van der Waals surface area (Å²) >= 11 is 0. The Bertz CT molecular complexity index is 456. The molecule has 0 saturated carbocycles. The van der Waals surface area contributed by atoms with Crippen LogP contribution in [0.4, 0.5) is 5.69 Å².